The summed E-state index contributed by atoms with van der Waals surface area (Å²) in [6.45, 7) is 2.98. The molecule has 1 aliphatic heterocycles. The zero-order valence-corrected chi connectivity index (χ0v) is 20.3. The Morgan fingerprint density at radius 2 is 1.94 bits per heavy atom. The molecule has 1 saturated heterocycles. The van der Waals surface area contributed by atoms with E-state index in [0.717, 1.165) is 38.9 Å². The summed E-state index contributed by atoms with van der Waals surface area (Å²) >= 11 is 1.39. The van der Waals surface area contributed by atoms with E-state index >= 15 is 0 Å². The van der Waals surface area contributed by atoms with E-state index in [1.165, 1.54) is 35.6 Å². The number of sulfonamides is 1. The molecule has 0 spiro atoms. The molecular weight excluding hydrogens is 477 g/mol. The Morgan fingerprint density at radius 3 is 2.56 bits per heavy atom. The molecule has 34 heavy (non-hydrogen) atoms. The van der Waals surface area contributed by atoms with Crippen molar-refractivity contribution in [2.45, 2.75) is 29.8 Å². The van der Waals surface area contributed by atoms with E-state index in [4.69, 9.17) is 9.88 Å². The lowest BCUT2D eigenvalue weighted by Crippen LogP contribution is -2.44. The molecule has 2 aromatic carbocycles. The van der Waals surface area contributed by atoms with E-state index in [1.807, 2.05) is 5.38 Å². The first kappa shape index (κ1) is 24.7. The maximum Gasteiger partial charge on any atom is 0.238 e. The van der Waals surface area contributed by atoms with Crippen LogP contribution in [0.3, 0.4) is 0 Å². The summed E-state index contributed by atoms with van der Waals surface area (Å²) in [4.78, 5) is 6.76. The summed E-state index contributed by atoms with van der Waals surface area (Å²) in [5.74, 6) is 0.157. The molecule has 182 valence electrons. The molecule has 0 bridgehead atoms. The van der Waals surface area contributed by atoms with Crippen molar-refractivity contribution in [3.8, 4) is 5.75 Å². The lowest BCUT2D eigenvalue weighted by molar-refractivity contribution is -0.0149. The van der Waals surface area contributed by atoms with Crippen LogP contribution in [-0.2, 0) is 15.6 Å². The molecule has 2 heterocycles. The quantitative estimate of drug-likeness (QED) is 0.432. The van der Waals surface area contributed by atoms with Crippen molar-refractivity contribution in [2.75, 3.05) is 26.2 Å². The zero-order valence-electron chi connectivity index (χ0n) is 18.6. The molecule has 7 nitrogen and oxygen atoms in total. The van der Waals surface area contributed by atoms with Gasteiger partial charge in [-0.3, -0.25) is 0 Å². The van der Waals surface area contributed by atoms with Crippen molar-refractivity contribution in [3.05, 3.63) is 76.5 Å². The minimum Gasteiger partial charge on any atom is -0.494 e. The fourth-order valence-electron chi connectivity index (χ4n) is 4.45. The number of ether oxygens (including phenoxy) is 1. The average Bonchev–Trinajstić information content (AvgIpc) is 3.37. The van der Waals surface area contributed by atoms with E-state index in [-0.39, 0.29) is 16.6 Å². The maximum atomic E-state index is 14.0. The van der Waals surface area contributed by atoms with Gasteiger partial charge in [-0.1, -0.05) is 12.1 Å². The highest BCUT2D eigenvalue weighted by Crippen LogP contribution is 2.42. The number of halogens is 1. The highest BCUT2D eigenvalue weighted by atomic mass is 32.2. The lowest BCUT2D eigenvalue weighted by atomic mass is 9.76. The zero-order chi connectivity index (χ0) is 24.2. The van der Waals surface area contributed by atoms with Crippen LogP contribution in [-0.4, -0.2) is 49.6 Å². The maximum absolute atomic E-state index is 14.0. The van der Waals surface area contributed by atoms with E-state index in [9.17, 15) is 17.9 Å². The second kappa shape index (κ2) is 10.5. The Kier molecular flexibility index (Phi) is 7.63. The van der Waals surface area contributed by atoms with Crippen LogP contribution in [0.2, 0.25) is 0 Å². The van der Waals surface area contributed by atoms with Gasteiger partial charge in [-0.15, -0.1) is 11.3 Å². The summed E-state index contributed by atoms with van der Waals surface area (Å²) in [6, 6.07) is 12.2. The molecule has 0 radical (unpaired) electrons. The number of nitrogens with two attached hydrogens (primary N) is 1. The monoisotopic (exact) mass is 505 g/mol. The third-order valence-corrected chi connectivity index (χ3v) is 8.07. The van der Waals surface area contributed by atoms with Gasteiger partial charge in [-0.25, -0.2) is 22.9 Å². The highest BCUT2D eigenvalue weighted by molar-refractivity contribution is 7.89. The molecule has 0 aliphatic carbocycles. The number of benzene rings is 2. The fourth-order valence-corrected chi connectivity index (χ4v) is 5.80. The molecule has 1 atom stereocenters. The molecule has 1 fully saturated rings. The fraction of sp³-hybridized carbons (Fsp3) is 0.375. The van der Waals surface area contributed by atoms with Gasteiger partial charge in [0.25, 0.3) is 0 Å². The first-order valence-electron chi connectivity index (χ1n) is 11.1. The summed E-state index contributed by atoms with van der Waals surface area (Å²) in [7, 11) is -3.71. The number of hydrogen-bond acceptors (Lipinski definition) is 7. The lowest BCUT2D eigenvalue weighted by Gasteiger charge is -2.40. The Balaban J connectivity index is 1.30. The third-order valence-electron chi connectivity index (χ3n) is 6.24. The molecule has 3 aromatic rings. The second-order valence-electron chi connectivity index (χ2n) is 8.45. The SMILES string of the molecule is NS(=O)(=O)c1ccc(OCCCN2CCC(C(O)(c3cccc(F)c3)c3nccs3)CC2)cc1. The highest BCUT2D eigenvalue weighted by Gasteiger charge is 2.43. The first-order valence-corrected chi connectivity index (χ1v) is 13.6. The van der Waals surface area contributed by atoms with Crippen LogP contribution < -0.4 is 9.88 Å². The first-order chi connectivity index (χ1) is 16.3. The van der Waals surface area contributed by atoms with Gasteiger partial charge in [0.1, 0.15) is 22.2 Å². The molecular formula is C24H28FN3O4S2. The summed E-state index contributed by atoms with van der Waals surface area (Å²) in [5, 5.41) is 19.3. The van der Waals surface area contributed by atoms with Crippen LogP contribution in [0.1, 0.15) is 29.8 Å². The van der Waals surface area contributed by atoms with Gasteiger partial charge in [0.05, 0.1) is 11.5 Å². The summed E-state index contributed by atoms with van der Waals surface area (Å²) < 4.78 is 42.3. The van der Waals surface area contributed by atoms with Gasteiger partial charge in [-0.2, -0.15) is 0 Å². The number of hydrogen-bond donors (Lipinski definition) is 2. The van der Waals surface area contributed by atoms with Gasteiger partial charge in [-0.05, 0) is 74.3 Å². The Labute approximate surface area is 203 Å². The number of likely N-dealkylation sites (tertiary alicyclic amines) is 1. The Hall–Kier alpha value is -2.37. The van der Waals surface area contributed by atoms with Crippen LogP contribution in [0.25, 0.3) is 0 Å². The van der Waals surface area contributed by atoms with Gasteiger partial charge in [0, 0.05) is 24.0 Å². The molecule has 4 rings (SSSR count). The van der Waals surface area contributed by atoms with Crippen molar-refractivity contribution in [3.63, 3.8) is 0 Å². The van der Waals surface area contributed by atoms with Gasteiger partial charge in [0.15, 0.2) is 0 Å². The minimum absolute atomic E-state index is 0.0543. The van der Waals surface area contributed by atoms with Crippen molar-refractivity contribution in [1.82, 2.24) is 9.88 Å². The predicted octanol–water partition coefficient (Wildman–Crippen LogP) is 3.35. The minimum atomic E-state index is -3.71. The van der Waals surface area contributed by atoms with Crippen LogP contribution in [0, 0.1) is 11.7 Å². The Morgan fingerprint density at radius 1 is 1.21 bits per heavy atom. The molecule has 1 unspecified atom stereocenters. The van der Waals surface area contributed by atoms with Crippen LogP contribution >= 0.6 is 11.3 Å². The van der Waals surface area contributed by atoms with Crippen molar-refractivity contribution >= 4 is 21.4 Å². The predicted molar refractivity (Wildman–Crippen MR) is 129 cm³/mol. The van der Waals surface area contributed by atoms with E-state index < -0.39 is 15.6 Å². The number of nitrogens with zero attached hydrogens (tertiary/aromatic N) is 2. The van der Waals surface area contributed by atoms with Crippen LogP contribution in [0.5, 0.6) is 5.75 Å². The molecule has 0 saturated carbocycles. The largest absolute Gasteiger partial charge is 0.494 e. The third kappa shape index (κ3) is 5.64. The van der Waals surface area contributed by atoms with E-state index in [0.29, 0.717) is 22.9 Å². The number of piperidine rings is 1. The smallest absolute Gasteiger partial charge is 0.238 e. The number of thiazole rings is 1. The van der Waals surface area contributed by atoms with E-state index in [2.05, 4.69) is 9.88 Å². The number of aromatic nitrogens is 1. The van der Waals surface area contributed by atoms with E-state index in [1.54, 1.807) is 30.5 Å². The van der Waals surface area contributed by atoms with Crippen molar-refractivity contribution in [1.29, 1.82) is 0 Å². The molecule has 1 aliphatic rings. The van der Waals surface area contributed by atoms with Crippen molar-refractivity contribution < 1.29 is 22.7 Å². The normalized spacial score (nSPS) is 17.4. The van der Waals surface area contributed by atoms with Gasteiger partial charge in [0.2, 0.25) is 10.0 Å². The van der Waals surface area contributed by atoms with Crippen molar-refractivity contribution in [2.24, 2.45) is 11.1 Å². The van der Waals surface area contributed by atoms with Crippen LogP contribution in [0.15, 0.2) is 65.0 Å². The average molecular weight is 506 g/mol. The number of primary sulfonamides is 1. The molecule has 0 amide bonds. The van der Waals surface area contributed by atoms with Crippen LogP contribution in [0.4, 0.5) is 4.39 Å². The summed E-state index contributed by atoms with van der Waals surface area (Å²) in [5.41, 5.74) is -0.767. The number of rotatable bonds is 9. The standard InChI is InChI=1S/C24H28FN3O4S2/c25-20-4-1-3-19(17-20)24(29,23-27-11-16-33-23)18-9-13-28(14-10-18)12-2-15-32-21-5-7-22(8-6-21)34(26,30)31/h1,3-8,11,16-18,29H,2,9-10,12-15H2,(H2,26,30,31). The molecule has 1 aromatic heterocycles. The molecule has 3 N–H and O–H groups in total. The topological polar surface area (TPSA) is 106 Å². The van der Waals surface area contributed by atoms with Gasteiger partial charge >= 0.3 is 0 Å². The number of aliphatic hydroxyl groups is 1. The Bertz CT molecular complexity index is 1180. The van der Waals surface area contributed by atoms with Gasteiger partial charge < -0.3 is 14.7 Å². The molecule has 10 heteroatoms. The summed E-state index contributed by atoms with van der Waals surface area (Å²) in [6.07, 6.45) is 4.01. The second-order valence-corrected chi connectivity index (χ2v) is 10.9.